The lowest BCUT2D eigenvalue weighted by molar-refractivity contribution is -0.782. The van der Waals surface area contributed by atoms with Gasteiger partial charge in [-0.1, -0.05) is 0 Å². The molecule has 7 nitrogen and oxygen atoms in total. The molecule has 0 aliphatic rings. The molecular formula is C10H12N4O3. The van der Waals surface area contributed by atoms with Crippen molar-refractivity contribution in [2.24, 2.45) is 5.10 Å². The fourth-order valence-electron chi connectivity index (χ4n) is 1.41. The molecule has 2 aromatic rings. The number of hydrazone groups is 1. The molecule has 0 atom stereocenters. The molecule has 0 saturated carbocycles. The van der Waals surface area contributed by atoms with E-state index in [4.69, 9.17) is 4.74 Å². The Kier molecular flexibility index (Phi) is 2.82. The van der Waals surface area contributed by atoms with Crippen molar-refractivity contribution in [1.82, 2.24) is 10.2 Å². The van der Waals surface area contributed by atoms with Crippen molar-refractivity contribution in [3.63, 3.8) is 0 Å². The topological polar surface area (TPSA) is 77.8 Å². The fourth-order valence-corrected chi connectivity index (χ4v) is 1.41. The zero-order valence-electron chi connectivity index (χ0n) is 9.75. The van der Waals surface area contributed by atoms with Crippen LogP contribution in [0.25, 0.3) is 11.0 Å². The van der Waals surface area contributed by atoms with E-state index in [2.05, 4.69) is 14.9 Å². The Balaban J connectivity index is 2.60. The van der Waals surface area contributed by atoms with Crippen molar-refractivity contribution in [3.8, 4) is 5.75 Å². The number of aromatic nitrogens is 2. The van der Waals surface area contributed by atoms with Gasteiger partial charge in [0.15, 0.2) is 5.75 Å². The molecule has 1 aromatic carbocycles. The van der Waals surface area contributed by atoms with Gasteiger partial charge in [0.2, 0.25) is 0 Å². The summed E-state index contributed by atoms with van der Waals surface area (Å²) < 4.78 is 9.63. The average Bonchev–Trinajstić information content (AvgIpc) is 2.69. The van der Waals surface area contributed by atoms with Gasteiger partial charge in [-0.05, 0) is 17.0 Å². The highest BCUT2D eigenvalue weighted by Gasteiger charge is 2.18. The van der Waals surface area contributed by atoms with E-state index in [9.17, 15) is 5.21 Å². The molecule has 7 heteroatoms. The van der Waals surface area contributed by atoms with E-state index in [-0.39, 0.29) is 5.52 Å². The second kappa shape index (κ2) is 4.28. The second-order valence-electron chi connectivity index (χ2n) is 3.58. The van der Waals surface area contributed by atoms with E-state index in [0.717, 1.165) is 0 Å². The zero-order chi connectivity index (χ0) is 12.4. The normalized spacial score (nSPS) is 11.2. The molecule has 0 fully saturated rings. The first-order valence-corrected chi connectivity index (χ1v) is 4.91. The average molecular weight is 236 g/mol. The fraction of sp³-hybridized carbons (Fsp3) is 0.300. The first-order chi connectivity index (χ1) is 8.13. The van der Waals surface area contributed by atoms with Gasteiger partial charge in [-0.2, -0.15) is 5.10 Å². The van der Waals surface area contributed by atoms with Crippen LogP contribution in [-0.4, -0.2) is 37.6 Å². The Morgan fingerprint density at radius 1 is 1.53 bits per heavy atom. The summed E-state index contributed by atoms with van der Waals surface area (Å²) in [4.78, 5) is 0.321. The van der Waals surface area contributed by atoms with Crippen molar-refractivity contribution < 1.29 is 14.3 Å². The summed E-state index contributed by atoms with van der Waals surface area (Å²) in [6, 6.07) is 3.43. The Morgan fingerprint density at radius 3 is 2.94 bits per heavy atom. The molecular weight excluding hydrogens is 224 g/mol. The Hall–Kier alpha value is -2.31. The summed E-state index contributed by atoms with van der Waals surface area (Å²) >= 11 is 0. The van der Waals surface area contributed by atoms with Crippen LogP contribution in [0, 0.1) is 5.21 Å². The molecule has 17 heavy (non-hydrogen) atoms. The van der Waals surface area contributed by atoms with Crippen molar-refractivity contribution in [3.05, 3.63) is 22.9 Å². The minimum absolute atomic E-state index is 0.259. The third-order valence-corrected chi connectivity index (χ3v) is 2.18. The predicted molar refractivity (Wildman–Crippen MR) is 60.8 cm³/mol. The van der Waals surface area contributed by atoms with Crippen LogP contribution in [0.5, 0.6) is 5.75 Å². The number of nitrogens with zero attached hydrogens (tertiary/aromatic N) is 4. The van der Waals surface area contributed by atoms with E-state index in [1.165, 1.54) is 7.11 Å². The van der Waals surface area contributed by atoms with E-state index < -0.39 is 0 Å². The maximum absolute atomic E-state index is 11.4. The van der Waals surface area contributed by atoms with Gasteiger partial charge in [0.1, 0.15) is 0 Å². The predicted octanol–water partition coefficient (Wildman–Crippen LogP) is 0.365. The highest BCUT2D eigenvalue weighted by atomic mass is 16.8. The lowest BCUT2D eigenvalue weighted by atomic mass is 10.2. The van der Waals surface area contributed by atoms with Crippen molar-refractivity contribution in [1.29, 1.82) is 0 Å². The number of benzene rings is 1. The van der Waals surface area contributed by atoms with Gasteiger partial charge >= 0.3 is 0 Å². The van der Waals surface area contributed by atoms with Crippen LogP contribution in [0.4, 0.5) is 0 Å². The van der Waals surface area contributed by atoms with Gasteiger partial charge in [-0.15, -0.1) is 0 Å². The minimum atomic E-state index is 0.259. The maximum atomic E-state index is 11.4. The lowest BCUT2D eigenvalue weighted by Crippen LogP contribution is -2.23. The van der Waals surface area contributed by atoms with Gasteiger partial charge in [0.25, 0.3) is 11.0 Å². The molecule has 1 heterocycles. The summed E-state index contributed by atoms with van der Waals surface area (Å²) in [5.74, 6) is 0.415. The van der Waals surface area contributed by atoms with E-state index in [0.29, 0.717) is 21.7 Å². The summed E-state index contributed by atoms with van der Waals surface area (Å²) in [6.45, 7) is 0. The van der Waals surface area contributed by atoms with E-state index in [1.807, 2.05) is 0 Å². The van der Waals surface area contributed by atoms with Gasteiger partial charge in [-0.3, -0.25) is 4.63 Å². The molecule has 0 spiro atoms. The Labute approximate surface area is 97.4 Å². The highest BCUT2D eigenvalue weighted by Crippen LogP contribution is 2.23. The highest BCUT2D eigenvalue weighted by molar-refractivity contribution is 5.96. The first-order valence-electron chi connectivity index (χ1n) is 4.91. The largest absolute Gasteiger partial charge is 0.492 e. The SMILES string of the molecule is COc1ccc(/C=N/N(C)C)c2no[n+]([O-])c12. The lowest BCUT2D eigenvalue weighted by Gasteiger charge is -2.02. The number of fused-ring (bicyclic) bond motifs is 1. The molecule has 2 rings (SSSR count). The number of hydrogen-bond donors (Lipinski definition) is 0. The third-order valence-electron chi connectivity index (χ3n) is 2.18. The number of ether oxygens (including phenoxy) is 1. The summed E-state index contributed by atoms with van der Waals surface area (Å²) in [5, 5.41) is 20.8. The van der Waals surface area contributed by atoms with Crippen molar-refractivity contribution in [2.75, 3.05) is 21.2 Å². The molecule has 0 unspecified atom stereocenters. The van der Waals surface area contributed by atoms with Crippen LogP contribution in [-0.2, 0) is 0 Å². The van der Waals surface area contributed by atoms with Gasteiger partial charge in [0, 0.05) is 19.3 Å². The van der Waals surface area contributed by atoms with Crippen LogP contribution in [0.3, 0.4) is 0 Å². The monoisotopic (exact) mass is 236 g/mol. The maximum Gasteiger partial charge on any atom is 0.268 e. The molecule has 0 aliphatic carbocycles. The molecule has 0 aliphatic heterocycles. The standard InChI is InChI=1S/C10H12N4O3/c1-13(2)11-6-7-4-5-8(16-3)10-9(7)12-17-14(10)15/h4-6H,1-3H3/b11-6+. The van der Waals surface area contributed by atoms with Crippen LogP contribution in [0.2, 0.25) is 0 Å². The Morgan fingerprint density at radius 2 is 2.29 bits per heavy atom. The molecule has 0 radical (unpaired) electrons. The summed E-state index contributed by atoms with van der Waals surface area (Å²) in [6.07, 6.45) is 1.60. The van der Waals surface area contributed by atoms with E-state index >= 15 is 0 Å². The van der Waals surface area contributed by atoms with Crippen molar-refractivity contribution >= 4 is 17.2 Å². The number of methoxy groups -OCH3 is 1. The molecule has 0 amide bonds. The van der Waals surface area contributed by atoms with Gasteiger partial charge in [-0.25, -0.2) is 0 Å². The first kappa shape index (κ1) is 11.2. The summed E-state index contributed by atoms with van der Waals surface area (Å²) in [7, 11) is 5.08. The summed E-state index contributed by atoms with van der Waals surface area (Å²) in [5.41, 5.74) is 1.37. The Bertz CT molecular complexity index is 562. The molecule has 0 N–H and O–H groups in total. The number of hydrogen-bond acceptors (Lipinski definition) is 6. The van der Waals surface area contributed by atoms with Gasteiger partial charge in [0.05, 0.1) is 18.9 Å². The van der Waals surface area contributed by atoms with Crippen LogP contribution in [0.1, 0.15) is 5.56 Å². The quantitative estimate of drug-likeness (QED) is 0.437. The van der Waals surface area contributed by atoms with E-state index in [1.54, 1.807) is 37.5 Å². The second-order valence-corrected chi connectivity index (χ2v) is 3.58. The van der Waals surface area contributed by atoms with Gasteiger partial charge < -0.3 is 15.0 Å². The smallest absolute Gasteiger partial charge is 0.268 e. The zero-order valence-corrected chi connectivity index (χ0v) is 9.75. The third kappa shape index (κ3) is 1.99. The molecule has 90 valence electrons. The number of rotatable bonds is 3. The molecule has 0 saturated heterocycles. The molecule has 1 aromatic heterocycles. The van der Waals surface area contributed by atoms with Crippen LogP contribution < -0.4 is 9.64 Å². The molecule has 0 bridgehead atoms. The minimum Gasteiger partial charge on any atom is -0.492 e. The van der Waals surface area contributed by atoms with Crippen molar-refractivity contribution in [2.45, 2.75) is 0 Å². The van der Waals surface area contributed by atoms with Crippen LogP contribution in [0.15, 0.2) is 21.9 Å². The van der Waals surface area contributed by atoms with Crippen LogP contribution >= 0.6 is 0 Å².